The molecule has 2 unspecified atom stereocenters. The Morgan fingerprint density at radius 3 is 2.50 bits per heavy atom. The zero-order chi connectivity index (χ0) is 17.9. The first-order valence-electron chi connectivity index (χ1n) is 8.28. The molecule has 1 amide bonds. The lowest BCUT2D eigenvalue weighted by atomic mass is 9.93. The summed E-state index contributed by atoms with van der Waals surface area (Å²) in [6.45, 7) is 6.74. The summed E-state index contributed by atoms with van der Waals surface area (Å²) in [6.07, 6.45) is 1.04. The third-order valence-corrected chi connectivity index (χ3v) is 4.19. The predicted octanol–water partition coefficient (Wildman–Crippen LogP) is 3.35. The normalized spacial score (nSPS) is 19.4. The molecule has 1 aliphatic heterocycles. The van der Waals surface area contributed by atoms with Gasteiger partial charge in [-0.05, 0) is 64.3 Å². The van der Waals surface area contributed by atoms with Gasteiger partial charge in [-0.25, -0.2) is 13.6 Å². The summed E-state index contributed by atoms with van der Waals surface area (Å²) in [7, 11) is 1.83. The number of amides is 1. The predicted molar refractivity (Wildman–Crippen MR) is 88.8 cm³/mol. The third kappa shape index (κ3) is 5.16. The van der Waals surface area contributed by atoms with E-state index in [0.717, 1.165) is 12.5 Å². The van der Waals surface area contributed by atoms with Gasteiger partial charge < -0.3 is 15.0 Å². The summed E-state index contributed by atoms with van der Waals surface area (Å²) < 4.78 is 32.1. The molecule has 2 atom stereocenters. The monoisotopic (exact) mass is 340 g/mol. The van der Waals surface area contributed by atoms with E-state index >= 15 is 0 Å². The van der Waals surface area contributed by atoms with Gasteiger partial charge in [0.2, 0.25) is 0 Å². The molecule has 2 rings (SSSR count). The van der Waals surface area contributed by atoms with E-state index in [1.807, 2.05) is 27.8 Å². The molecule has 0 saturated carbocycles. The summed E-state index contributed by atoms with van der Waals surface area (Å²) >= 11 is 0. The topological polar surface area (TPSA) is 41.6 Å². The number of nitrogens with zero attached hydrogens (tertiary/aromatic N) is 1. The van der Waals surface area contributed by atoms with E-state index < -0.39 is 17.2 Å². The van der Waals surface area contributed by atoms with Gasteiger partial charge in [0.05, 0.1) is 0 Å². The zero-order valence-corrected chi connectivity index (χ0v) is 14.7. The number of benzene rings is 1. The Morgan fingerprint density at radius 2 is 1.96 bits per heavy atom. The van der Waals surface area contributed by atoms with Crippen molar-refractivity contribution in [2.75, 3.05) is 20.1 Å². The molecule has 0 bridgehead atoms. The van der Waals surface area contributed by atoms with E-state index in [9.17, 15) is 13.6 Å². The van der Waals surface area contributed by atoms with Crippen LogP contribution in [-0.2, 0) is 11.2 Å². The van der Waals surface area contributed by atoms with Crippen LogP contribution in [0.4, 0.5) is 13.6 Å². The molecule has 0 radical (unpaired) electrons. The number of carbonyl (C=O) groups excluding carboxylic acids is 1. The number of hydrogen-bond acceptors (Lipinski definition) is 3. The molecule has 1 aromatic carbocycles. The SMILES string of the molecule is CNC(Cc1cc(F)cc(F)c1)C1CCN(C(=O)OC(C)(C)C)C1. The average molecular weight is 340 g/mol. The number of rotatable bonds is 4. The van der Waals surface area contributed by atoms with Crippen LogP contribution in [0.5, 0.6) is 0 Å². The molecular weight excluding hydrogens is 314 g/mol. The lowest BCUT2D eigenvalue weighted by molar-refractivity contribution is 0.0285. The number of halogens is 2. The van der Waals surface area contributed by atoms with Gasteiger partial charge >= 0.3 is 6.09 Å². The van der Waals surface area contributed by atoms with Gasteiger partial charge in [0.25, 0.3) is 0 Å². The van der Waals surface area contributed by atoms with Crippen LogP contribution in [-0.4, -0.2) is 42.8 Å². The van der Waals surface area contributed by atoms with E-state index in [1.165, 1.54) is 12.1 Å². The largest absolute Gasteiger partial charge is 0.444 e. The molecule has 1 N–H and O–H groups in total. The fraction of sp³-hybridized carbons (Fsp3) is 0.611. The highest BCUT2D eigenvalue weighted by atomic mass is 19.1. The first kappa shape index (κ1) is 18.6. The van der Waals surface area contributed by atoms with E-state index in [4.69, 9.17) is 4.74 Å². The van der Waals surface area contributed by atoms with Gasteiger partial charge in [-0.3, -0.25) is 0 Å². The van der Waals surface area contributed by atoms with Crippen LogP contribution in [0.25, 0.3) is 0 Å². The van der Waals surface area contributed by atoms with Crippen molar-refractivity contribution in [3.05, 3.63) is 35.4 Å². The van der Waals surface area contributed by atoms with Crippen LogP contribution < -0.4 is 5.32 Å². The Bertz CT molecular complexity index is 567. The van der Waals surface area contributed by atoms with Crippen LogP contribution >= 0.6 is 0 Å². The van der Waals surface area contributed by atoms with Gasteiger partial charge in [0, 0.05) is 25.2 Å². The molecule has 0 aromatic heterocycles. The average Bonchev–Trinajstić information content (AvgIpc) is 2.91. The second-order valence-electron chi connectivity index (χ2n) is 7.35. The molecule has 24 heavy (non-hydrogen) atoms. The number of ether oxygens (including phenoxy) is 1. The van der Waals surface area contributed by atoms with E-state index in [0.29, 0.717) is 25.1 Å². The number of hydrogen-bond donors (Lipinski definition) is 1. The summed E-state index contributed by atoms with van der Waals surface area (Å²) in [4.78, 5) is 13.8. The second kappa shape index (κ2) is 7.47. The van der Waals surface area contributed by atoms with Crippen molar-refractivity contribution in [1.82, 2.24) is 10.2 Å². The molecule has 4 nitrogen and oxygen atoms in total. The lowest BCUT2D eigenvalue weighted by Gasteiger charge is -2.26. The van der Waals surface area contributed by atoms with Crippen LogP contribution in [0, 0.1) is 17.6 Å². The van der Waals surface area contributed by atoms with Crippen molar-refractivity contribution >= 4 is 6.09 Å². The molecule has 1 aromatic rings. The van der Waals surface area contributed by atoms with Gasteiger partial charge in [-0.15, -0.1) is 0 Å². The highest BCUT2D eigenvalue weighted by Crippen LogP contribution is 2.24. The minimum Gasteiger partial charge on any atom is -0.444 e. The standard InChI is InChI=1S/C18H26F2N2O2/c1-18(2,3)24-17(23)22-6-5-13(11-22)16(21-4)9-12-7-14(19)10-15(20)8-12/h7-8,10,13,16,21H,5-6,9,11H2,1-4H3. The van der Waals surface area contributed by atoms with Crippen molar-refractivity contribution in [3.8, 4) is 0 Å². The summed E-state index contributed by atoms with van der Waals surface area (Å²) in [5, 5.41) is 3.22. The number of nitrogens with one attached hydrogen (secondary N) is 1. The van der Waals surface area contributed by atoms with E-state index in [1.54, 1.807) is 4.90 Å². The van der Waals surface area contributed by atoms with E-state index in [2.05, 4.69) is 5.32 Å². The number of likely N-dealkylation sites (N-methyl/N-ethyl adjacent to an activating group) is 1. The fourth-order valence-corrected chi connectivity index (χ4v) is 3.10. The maximum Gasteiger partial charge on any atom is 0.410 e. The molecule has 0 aliphatic carbocycles. The van der Waals surface area contributed by atoms with Crippen molar-refractivity contribution < 1.29 is 18.3 Å². The first-order valence-corrected chi connectivity index (χ1v) is 8.28. The Balaban J connectivity index is 1.98. The Kier molecular flexibility index (Phi) is 5.80. The smallest absolute Gasteiger partial charge is 0.410 e. The molecule has 1 heterocycles. The number of carbonyl (C=O) groups is 1. The highest BCUT2D eigenvalue weighted by Gasteiger charge is 2.33. The zero-order valence-electron chi connectivity index (χ0n) is 14.7. The molecular formula is C18H26F2N2O2. The minimum absolute atomic E-state index is 0.0404. The molecule has 0 spiro atoms. The molecule has 1 saturated heterocycles. The van der Waals surface area contributed by atoms with Crippen molar-refractivity contribution in [2.45, 2.75) is 45.3 Å². The fourth-order valence-electron chi connectivity index (χ4n) is 3.10. The van der Waals surface area contributed by atoms with Gasteiger partial charge in [-0.1, -0.05) is 0 Å². The second-order valence-corrected chi connectivity index (χ2v) is 7.35. The van der Waals surface area contributed by atoms with Crippen LogP contribution in [0.2, 0.25) is 0 Å². The molecule has 6 heteroatoms. The Morgan fingerprint density at radius 1 is 1.33 bits per heavy atom. The van der Waals surface area contributed by atoms with Crippen molar-refractivity contribution in [2.24, 2.45) is 5.92 Å². The lowest BCUT2D eigenvalue weighted by Crippen LogP contribution is -2.39. The number of likely N-dealkylation sites (tertiary alicyclic amines) is 1. The van der Waals surface area contributed by atoms with Crippen LogP contribution in [0.1, 0.15) is 32.8 Å². The van der Waals surface area contributed by atoms with E-state index in [-0.39, 0.29) is 18.1 Å². The molecule has 1 fully saturated rings. The van der Waals surface area contributed by atoms with Crippen molar-refractivity contribution in [3.63, 3.8) is 0 Å². The maximum absolute atomic E-state index is 13.4. The van der Waals surface area contributed by atoms with Crippen LogP contribution in [0.15, 0.2) is 18.2 Å². The third-order valence-electron chi connectivity index (χ3n) is 4.19. The van der Waals surface area contributed by atoms with Crippen LogP contribution in [0.3, 0.4) is 0 Å². The summed E-state index contributed by atoms with van der Waals surface area (Å²) in [5.74, 6) is -0.919. The maximum atomic E-state index is 13.4. The summed E-state index contributed by atoms with van der Waals surface area (Å²) in [6, 6.07) is 3.62. The Hall–Kier alpha value is -1.69. The quantitative estimate of drug-likeness (QED) is 0.914. The van der Waals surface area contributed by atoms with Crippen molar-refractivity contribution in [1.29, 1.82) is 0 Å². The molecule has 1 aliphatic rings. The van der Waals surface area contributed by atoms with Gasteiger partial charge in [0.15, 0.2) is 0 Å². The van der Waals surface area contributed by atoms with Gasteiger partial charge in [0.1, 0.15) is 17.2 Å². The van der Waals surface area contributed by atoms with Gasteiger partial charge in [-0.2, -0.15) is 0 Å². The molecule has 134 valence electrons. The summed E-state index contributed by atoms with van der Waals surface area (Å²) in [5.41, 5.74) is 0.0963. The minimum atomic E-state index is -0.568. The Labute approximate surface area is 142 Å². The first-order chi connectivity index (χ1) is 11.2. The highest BCUT2D eigenvalue weighted by molar-refractivity contribution is 5.68.